The lowest BCUT2D eigenvalue weighted by Crippen LogP contribution is -2.52. The first-order valence-electron chi connectivity index (χ1n) is 6.50. The fourth-order valence-electron chi connectivity index (χ4n) is 2.61. The first kappa shape index (κ1) is 16.9. The third-order valence-corrected chi connectivity index (χ3v) is 3.70. The van der Waals surface area contributed by atoms with Crippen LogP contribution in [0.15, 0.2) is 18.2 Å². The third kappa shape index (κ3) is 3.90. The van der Waals surface area contributed by atoms with Gasteiger partial charge in [0.25, 0.3) is 0 Å². The van der Waals surface area contributed by atoms with Crippen LogP contribution in [0, 0.1) is 11.6 Å². The normalized spacial score (nSPS) is 16.6. The largest absolute Gasteiger partial charge is 0.349 e. The van der Waals surface area contributed by atoms with E-state index in [1.807, 2.05) is 0 Å². The number of carbonyl (C=O) groups is 1. The molecule has 0 radical (unpaired) electrons. The Hall–Kier alpha value is -1.20. The Bertz CT molecular complexity index is 476. The maximum absolute atomic E-state index is 13.0. The number of carbonyl (C=O) groups excluding carboxylic acids is 1. The molecule has 0 atom stereocenters. The topological polar surface area (TPSA) is 55.1 Å². The molecule has 3 nitrogen and oxygen atoms in total. The summed E-state index contributed by atoms with van der Waals surface area (Å²) in [5.74, 6) is -2.03. The summed E-state index contributed by atoms with van der Waals surface area (Å²) in [4.78, 5) is 11.9. The minimum atomic E-state index is -0.931. The summed E-state index contributed by atoms with van der Waals surface area (Å²) in [5.41, 5.74) is 5.88. The minimum Gasteiger partial charge on any atom is -0.349 e. The molecular weight excluding hydrogens is 286 g/mol. The third-order valence-electron chi connectivity index (χ3n) is 3.70. The van der Waals surface area contributed by atoms with Crippen LogP contribution >= 0.6 is 12.4 Å². The highest BCUT2D eigenvalue weighted by Crippen LogP contribution is 2.28. The molecule has 0 spiro atoms. The van der Waals surface area contributed by atoms with E-state index in [-0.39, 0.29) is 30.3 Å². The maximum Gasteiger partial charge on any atom is 0.224 e. The van der Waals surface area contributed by atoms with Crippen LogP contribution in [0.5, 0.6) is 0 Å². The van der Waals surface area contributed by atoms with Crippen molar-refractivity contribution in [3.63, 3.8) is 0 Å². The van der Waals surface area contributed by atoms with Crippen LogP contribution in [0.1, 0.15) is 31.2 Å². The monoisotopic (exact) mass is 304 g/mol. The Balaban J connectivity index is 0.00000200. The highest BCUT2D eigenvalue weighted by molar-refractivity contribution is 5.85. The number of halogens is 3. The number of hydrogen-bond donors (Lipinski definition) is 2. The van der Waals surface area contributed by atoms with Gasteiger partial charge in [0.1, 0.15) is 0 Å². The van der Waals surface area contributed by atoms with Crippen LogP contribution in [-0.4, -0.2) is 18.0 Å². The smallest absolute Gasteiger partial charge is 0.224 e. The van der Waals surface area contributed by atoms with E-state index >= 15 is 0 Å². The Labute approximate surface area is 123 Å². The van der Waals surface area contributed by atoms with Gasteiger partial charge in [0.2, 0.25) is 5.91 Å². The highest BCUT2D eigenvalue weighted by Gasteiger charge is 2.33. The highest BCUT2D eigenvalue weighted by atomic mass is 35.5. The van der Waals surface area contributed by atoms with Crippen LogP contribution in [0.2, 0.25) is 0 Å². The van der Waals surface area contributed by atoms with Gasteiger partial charge in [-0.3, -0.25) is 4.79 Å². The van der Waals surface area contributed by atoms with E-state index in [0.29, 0.717) is 12.1 Å². The standard InChI is InChI=1S/C14H18F2N2O.ClH/c15-11-4-3-10(7-12(11)16)8-13(19)18-14(9-17)5-1-2-6-14;/h3-4,7H,1-2,5-6,8-9,17H2,(H,18,19);1H. The average molecular weight is 305 g/mol. The molecular formula is C14H19ClF2N2O. The zero-order valence-corrected chi connectivity index (χ0v) is 11.9. The number of nitrogens with one attached hydrogen (secondary N) is 1. The Morgan fingerprint density at radius 1 is 1.25 bits per heavy atom. The molecule has 1 aromatic carbocycles. The van der Waals surface area contributed by atoms with E-state index in [1.54, 1.807) is 0 Å². The lowest BCUT2D eigenvalue weighted by molar-refractivity contribution is -0.122. The van der Waals surface area contributed by atoms with Crippen molar-refractivity contribution >= 4 is 18.3 Å². The first-order valence-corrected chi connectivity index (χ1v) is 6.50. The second kappa shape index (κ2) is 6.99. The van der Waals surface area contributed by atoms with Crippen molar-refractivity contribution in [3.8, 4) is 0 Å². The predicted octanol–water partition coefficient (Wildman–Crippen LogP) is 2.32. The molecule has 112 valence electrons. The van der Waals surface area contributed by atoms with Gasteiger partial charge in [-0.15, -0.1) is 12.4 Å². The summed E-state index contributed by atoms with van der Waals surface area (Å²) in [5, 5.41) is 2.94. The van der Waals surface area contributed by atoms with Crippen molar-refractivity contribution < 1.29 is 13.6 Å². The Morgan fingerprint density at radius 3 is 2.45 bits per heavy atom. The van der Waals surface area contributed by atoms with Crippen LogP contribution < -0.4 is 11.1 Å². The van der Waals surface area contributed by atoms with Crippen molar-refractivity contribution in [1.29, 1.82) is 0 Å². The van der Waals surface area contributed by atoms with Crippen LogP contribution in [0.25, 0.3) is 0 Å². The Morgan fingerprint density at radius 2 is 1.90 bits per heavy atom. The predicted molar refractivity (Wildman–Crippen MR) is 75.7 cm³/mol. The SMILES string of the molecule is Cl.NCC1(NC(=O)Cc2ccc(F)c(F)c2)CCCC1. The first-order chi connectivity index (χ1) is 9.04. The molecule has 1 aliphatic carbocycles. The molecule has 3 N–H and O–H groups in total. The average Bonchev–Trinajstić information content (AvgIpc) is 2.83. The zero-order valence-electron chi connectivity index (χ0n) is 11.1. The summed E-state index contributed by atoms with van der Waals surface area (Å²) < 4.78 is 25.8. The minimum absolute atomic E-state index is 0. The van der Waals surface area contributed by atoms with Crippen molar-refractivity contribution in [2.75, 3.05) is 6.54 Å². The van der Waals surface area contributed by atoms with Gasteiger partial charge in [-0.2, -0.15) is 0 Å². The van der Waals surface area contributed by atoms with Gasteiger partial charge in [-0.1, -0.05) is 18.9 Å². The van der Waals surface area contributed by atoms with E-state index in [9.17, 15) is 13.6 Å². The molecule has 0 saturated heterocycles. The summed E-state index contributed by atoms with van der Waals surface area (Å²) in [6.45, 7) is 0.413. The van der Waals surface area contributed by atoms with E-state index < -0.39 is 11.6 Å². The van der Waals surface area contributed by atoms with E-state index in [1.165, 1.54) is 6.07 Å². The quantitative estimate of drug-likeness (QED) is 0.897. The summed E-state index contributed by atoms with van der Waals surface area (Å²) in [6, 6.07) is 3.51. The molecule has 0 heterocycles. The lowest BCUT2D eigenvalue weighted by atomic mass is 9.97. The molecule has 0 aromatic heterocycles. The van der Waals surface area contributed by atoms with Gasteiger partial charge < -0.3 is 11.1 Å². The molecule has 1 amide bonds. The molecule has 0 unspecified atom stereocenters. The second-order valence-corrected chi connectivity index (χ2v) is 5.16. The number of nitrogens with two attached hydrogens (primary N) is 1. The van der Waals surface area contributed by atoms with Crippen molar-refractivity contribution in [2.24, 2.45) is 5.73 Å². The van der Waals surface area contributed by atoms with Crippen molar-refractivity contribution in [2.45, 2.75) is 37.6 Å². The van der Waals surface area contributed by atoms with Crippen LogP contribution in [0.3, 0.4) is 0 Å². The zero-order chi connectivity index (χ0) is 13.9. The molecule has 0 bridgehead atoms. The van der Waals surface area contributed by atoms with Gasteiger partial charge in [0.05, 0.1) is 12.0 Å². The molecule has 20 heavy (non-hydrogen) atoms. The molecule has 1 saturated carbocycles. The molecule has 2 rings (SSSR count). The maximum atomic E-state index is 13.0. The Kier molecular flexibility index (Phi) is 5.89. The van der Waals surface area contributed by atoms with Crippen molar-refractivity contribution in [3.05, 3.63) is 35.4 Å². The van der Waals surface area contributed by atoms with Gasteiger partial charge in [-0.05, 0) is 30.5 Å². The molecule has 6 heteroatoms. The van der Waals surface area contributed by atoms with E-state index in [2.05, 4.69) is 5.32 Å². The number of amides is 1. The fourth-order valence-corrected chi connectivity index (χ4v) is 2.61. The number of hydrogen-bond acceptors (Lipinski definition) is 2. The fraction of sp³-hybridized carbons (Fsp3) is 0.500. The van der Waals surface area contributed by atoms with Crippen molar-refractivity contribution in [1.82, 2.24) is 5.32 Å². The summed E-state index contributed by atoms with van der Waals surface area (Å²) in [6.07, 6.45) is 3.92. The number of rotatable bonds is 4. The van der Waals surface area contributed by atoms with Gasteiger partial charge >= 0.3 is 0 Å². The molecule has 1 aromatic rings. The summed E-state index contributed by atoms with van der Waals surface area (Å²) >= 11 is 0. The number of benzene rings is 1. The molecule has 0 aliphatic heterocycles. The molecule has 1 fully saturated rings. The lowest BCUT2D eigenvalue weighted by Gasteiger charge is -2.28. The van der Waals surface area contributed by atoms with Gasteiger partial charge in [-0.25, -0.2) is 8.78 Å². The van der Waals surface area contributed by atoms with Gasteiger partial charge in [0.15, 0.2) is 11.6 Å². The summed E-state index contributed by atoms with van der Waals surface area (Å²) in [7, 11) is 0. The molecule has 1 aliphatic rings. The van der Waals surface area contributed by atoms with E-state index in [4.69, 9.17) is 5.73 Å². The van der Waals surface area contributed by atoms with E-state index in [0.717, 1.165) is 37.8 Å². The van der Waals surface area contributed by atoms with Gasteiger partial charge in [0, 0.05) is 6.54 Å². The second-order valence-electron chi connectivity index (χ2n) is 5.16. The van der Waals surface area contributed by atoms with Crippen LogP contribution in [0.4, 0.5) is 8.78 Å². The van der Waals surface area contributed by atoms with Crippen LogP contribution in [-0.2, 0) is 11.2 Å².